The fourth-order valence-electron chi connectivity index (χ4n) is 4.64. The first-order valence-electron chi connectivity index (χ1n) is 11.4. The van der Waals surface area contributed by atoms with Crippen LogP contribution in [0.25, 0.3) is 0 Å². The van der Waals surface area contributed by atoms with E-state index in [1.807, 2.05) is 6.07 Å². The maximum Gasteiger partial charge on any atom is 0.243 e. The minimum atomic E-state index is -3.63. The smallest absolute Gasteiger partial charge is 0.243 e. The highest BCUT2D eigenvalue weighted by atomic mass is 32.2. The van der Waals surface area contributed by atoms with Crippen LogP contribution < -0.4 is 10.2 Å². The summed E-state index contributed by atoms with van der Waals surface area (Å²) in [7, 11) is -3.63. The van der Waals surface area contributed by atoms with Crippen LogP contribution in [0.15, 0.2) is 23.1 Å². The van der Waals surface area contributed by atoms with Crippen LogP contribution >= 0.6 is 0 Å². The fourth-order valence-corrected chi connectivity index (χ4v) is 6.07. The van der Waals surface area contributed by atoms with Crippen molar-refractivity contribution < 1.29 is 22.7 Å². The van der Waals surface area contributed by atoms with Crippen LogP contribution in [0.1, 0.15) is 38.5 Å². The minimum Gasteiger partial charge on any atom is -0.379 e. The lowest BCUT2D eigenvalue weighted by Crippen LogP contribution is -2.40. The van der Waals surface area contributed by atoms with Gasteiger partial charge in [-0.3, -0.25) is 4.79 Å². The Morgan fingerprint density at radius 1 is 1.00 bits per heavy atom. The number of benzene rings is 1. The Labute approximate surface area is 184 Å². The third kappa shape index (κ3) is 5.58. The lowest BCUT2D eigenvalue weighted by Gasteiger charge is -2.31. The number of nitrogens with one attached hydrogen (secondary N) is 1. The van der Waals surface area contributed by atoms with Crippen molar-refractivity contribution >= 4 is 27.3 Å². The average molecular weight is 452 g/mol. The first-order chi connectivity index (χ1) is 15.0. The molecule has 1 amide bonds. The molecule has 1 aliphatic carbocycles. The average Bonchev–Trinajstić information content (AvgIpc) is 3.33. The summed E-state index contributed by atoms with van der Waals surface area (Å²) in [5, 5.41) is 3.02. The fraction of sp³-hybridized carbons (Fsp3) is 0.682. The van der Waals surface area contributed by atoms with Crippen molar-refractivity contribution in [1.29, 1.82) is 0 Å². The van der Waals surface area contributed by atoms with Crippen LogP contribution in [-0.4, -0.2) is 71.2 Å². The minimum absolute atomic E-state index is 0.0534. The molecular weight excluding hydrogens is 418 g/mol. The molecule has 0 aromatic heterocycles. The van der Waals surface area contributed by atoms with E-state index >= 15 is 0 Å². The molecule has 1 saturated carbocycles. The molecule has 31 heavy (non-hydrogen) atoms. The second kappa shape index (κ2) is 10.3. The maximum atomic E-state index is 13.1. The van der Waals surface area contributed by atoms with Gasteiger partial charge < -0.3 is 19.7 Å². The summed E-state index contributed by atoms with van der Waals surface area (Å²) in [4.78, 5) is 15.1. The highest BCUT2D eigenvalue weighted by Crippen LogP contribution is 2.32. The quantitative estimate of drug-likeness (QED) is 0.685. The molecule has 2 aliphatic heterocycles. The molecule has 0 atom stereocenters. The van der Waals surface area contributed by atoms with E-state index in [9.17, 15) is 13.2 Å². The number of sulfonamides is 1. The van der Waals surface area contributed by atoms with Crippen LogP contribution in [0.4, 0.5) is 11.4 Å². The molecule has 3 fully saturated rings. The Morgan fingerprint density at radius 3 is 2.32 bits per heavy atom. The standard InChI is InChI=1S/C22H33N3O5S/c26-22(8-5-18-3-1-2-4-18)23-20-17-19(31(27,28)25-11-15-30-16-12-25)6-7-21(20)24-9-13-29-14-10-24/h6-7,17-18H,1-5,8-16H2,(H,23,26). The van der Waals surface area contributed by atoms with E-state index in [1.165, 1.54) is 30.0 Å². The first kappa shape index (κ1) is 22.5. The highest BCUT2D eigenvalue weighted by molar-refractivity contribution is 7.89. The molecule has 8 nitrogen and oxygen atoms in total. The Kier molecular flexibility index (Phi) is 7.47. The van der Waals surface area contributed by atoms with Crippen molar-refractivity contribution in [2.24, 2.45) is 5.92 Å². The number of rotatable bonds is 7. The molecule has 0 spiro atoms. The van der Waals surface area contributed by atoms with Gasteiger partial charge in [0.15, 0.2) is 0 Å². The molecule has 2 saturated heterocycles. The maximum absolute atomic E-state index is 13.1. The lowest BCUT2D eigenvalue weighted by molar-refractivity contribution is -0.116. The van der Waals surface area contributed by atoms with E-state index < -0.39 is 10.0 Å². The summed E-state index contributed by atoms with van der Waals surface area (Å²) in [5.41, 5.74) is 1.41. The van der Waals surface area contributed by atoms with Gasteiger partial charge in [-0.15, -0.1) is 0 Å². The van der Waals surface area contributed by atoms with Crippen LogP contribution in [0.3, 0.4) is 0 Å². The summed E-state index contributed by atoms with van der Waals surface area (Å²) in [6, 6.07) is 5.07. The number of nitrogens with zero attached hydrogens (tertiary/aromatic N) is 2. The Morgan fingerprint density at radius 2 is 1.65 bits per heavy atom. The molecule has 0 bridgehead atoms. The van der Waals surface area contributed by atoms with E-state index in [0.29, 0.717) is 70.6 Å². The predicted molar refractivity (Wildman–Crippen MR) is 119 cm³/mol. The van der Waals surface area contributed by atoms with Crippen molar-refractivity contribution in [3.8, 4) is 0 Å². The van der Waals surface area contributed by atoms with Gasteiger partial charge in [-0.1, -0.05) is 25.7 Å². The third-order valence-corrected chi connectivity index (χ3v) is 8.35. The van der Waals surface area contributed by atoms with Crippen molar-refractivity contribution in [3.05, 3.63) is 18.2 Å². The number of carbonyl (C=O) groups excluding carboxylic acids is 1. The Bertz CT molecular complexity index is 858. The SMILES string of the molecule is O=C(CCC1CCCC1)Nc1cc(S(=O)(=O)N2CCOCC2)ccc1N1CCOCC1. The number of anilines is 2. The number of amides is 1. The molecule has 1 aromatic rings. The molecule has 1 aromatic carbocycles. The third-order valence-electron chi connectivity index (χ3n) is 6.46. The van der Waals surface area contributed by atoms with Gasteiger partial charge in [0.1, 0.15) is 0 Å². The first-order valence-corrected chi connectivity index (χ1v) is 12.8. The summed E-state index contributed by atoms with van der Waals surface area (Å²) in [6.45, 7) is 4.13. The second-order valence-corrected chi connectivity index (χ2v) is 10.5. The van der Waals surface area contributed by atoms with Crippen molar-refractivity contribution in [3.63, 3.8) is 0 Å². The topological polar surface area (TPSA) is 88.2 Å². The van der Waals surface area contributed by atoms with Crippen LogP contribution in [0, 0.1) is 5.92 Å². The normalized spacial score (nSPS) is 21.4. The summed E-state index contributed by atoms with van der Waals surface area (Å²) < 4.78 is 38.5. The monoisotopic (exact) mass is 451 g/mol. The van der Waals surface area contributed by atoms with Crippen LogP contribution in [-0.2, 0) is 24.3 Å². The molecule has 172 valence electrons. The van der Waals surface area contributed by atoms with E-state index in [2.05, 4.69) is 10.2 Å². The van der Waals surface area contributed by atoms with Gasteiger partial charge >= 0.3 is 0 Å². The van der Waals surface area contributed by atoms with E-state index in [0.717, 1.165) is 12.1 Å². The van der Waals surface area contributed by atoms with Gasteiger partial charge in [-0.25, -0.2) is 8.42 Å². The van der Waals surface area contributed by atoms with Gasteiger partial charge in [0.05, 0.1) is 42.7 Å². The molecule has 0 unspecified atom stereocenters. The van der Waals surface area contributed by atoms with Gasteiger partial charge in [0, 0.05) is 32.6 Å². The number of hydrogen-bond donors (Lipinski definition) is 1. The molecule has 1 N–H and O–H groups in total. The van der Waals surface area contributed by atoms with E-state index in [-0.39, 0.29) is 10.8 Å². The van der Waals surface area contributed by atoms with Gasteiger partial charge in [0.2, 0.25) is 15.9 Å². The summed E-state index contributed by atoms with van der Waals surface area (Å²) in [6.07, 6.45) is 6.29. The molecule has 4 rings (SSSR count). The van der Waals surface area contributed by atoms with Crippen LogP contribution in [0.2, 0.25) is 0 Å². The van der Waals surface area contributed by atoms with Gasteiger partial charge in [-0.05, 0) is 30.5 Å². The van der Waals surface area contributed by atoms with Crippen molar-refractivity contribution in [2.75, 3.05) is 62.8 Å². The van der Waals surface area contributed by atoms with E-state index in [4.69, 9.17) is 9.47 Å². The number of carbonyl (C=O) groups is 1. The zero-order valence-corrected chi connectivity index (χ0v) is 18.9. The number of ether oxygens (including phenoxy) is 2. The lowest BCUT2D eigenvalue weighted by atomic mass is 10.0. The molecule has 0 radical (unpaired) electrons. The van der Waals surface area contributed by atoms with Gasteiger partial charge in [0.25, 0.3) is 0 Å². The Hall–Kier alpha value is -1.68. The van der Waals surface area contributed by atoms with Crippen molar-refractivity contribution in [2.45, 2.75) is 43.4 Å². The Balaban J connectivity index is 1.54. The van der Waals surface area contributed by atoms with Crippen molar-refractivity contribution in [1.82, 2.24) is 4.31 Å². The largest absolute Gasteiger partial charge is 0.379 e. The molecule has 3 aliphatic rings. The zero-order chi connectivity index (χ0) is 21.7. The van der Waals surface area contributed by atoms with Gasteiger partial charge in [-0.2, -0.15) is 4.31 Å². The second-order valence-electron chi connectivity index (χ2n) is 8.53. The predicted octanol–water partition coefficient (Wildman–Crippen LogP) is 2.45. The highest BCUT2D eigenvalue weighted by Gasteiger charge is 2.28. The number of hydrogen-bond acceptors (Lipinski definition) is 6. The summed E-state index contributed by atoms with van der Waals surface area (Å²) in [5.74, 6) is 0.583. The molecule has 9 heteroatoms. The summed E-state index contributed by atoms with van der Waals surface area (Å²) >= 11 is 0. The van der Waals surface area contributed by atoms with Crippen LogP contribution in [0.5, 0.6) is 0 Å². The number of morpholine rings is 2. The molecule has 2 heterocycles. The van der Waals surface area contributed by atoms with E-state index in [1.54, 1.807) is 12.1 Å². The zero-order valence-electron chi connectivity index (χ0n) is 18.1. The molecular formula is C22H33N3O5S.